The van der Waals surface area contributed by atoms with Crippen molar-refractivity contribution in [2.75, 3.05) is 12.8 Å². The van der Waals surface area contributed by atoms with Crippen LogP contribution >= 0.6 is 0 Å². The molecule has 0 aromatic rings. The minimum Gasteiger partial charge on any atom is -0.475 e. The SMILES string of the molecule is CCC(C)Oc1nc2nc(OC)nc-2c(N)[nH]1.O=C(O)C(F)(F)F. The Bertz CT molecular complexity index is 661. The molecular weight excluding hydrogens is 335 g/mol. The number of rotatable bonds is 4. The van der Waals surface area contributed by atoms with Gasteiger partial charge in [-0.05, 0) is 13.3 Å². The van der Waals surface area contributed by atoms with E-state index in [0.29, 0.717) is 23.3 Å². The summed E-state index contributed by atoms with van der Waals surface area (Å²) in [6, 6.07) is 0.584. The van der Waals surface area contributed by atoms with E-state index >= 15 is 0 Å². The Balaban J connectivity index is 0.000000351. The van der Waals surface area contributed by atoms with Crippen LogP contribution < -0.4 is 15.2 Å². The number of nitrogens with zero attached hydrogens (tertiary/aromatic N) is 3. The molecule has 0 fully saturated rings. The van der Waals surface area contributed by atoms with Crippen LogP contribution in [0.1, 0.15) is 20.3 Å². The van der Waals surface area contributed by atoms with E-state index in [9.17, 15) is 13.2 Å². The molecule has 0 aliphatic carbocycles. The van der Waals surface area contributed by atoms with Gasteiger partial charge in [-0.15, -0.1) is 0 Å². The summed E-state index contributed by atoms with van der Waals surface area (Å²) < 4.78 is 42.2. The number of carbonyl (C=O) groups is 1. The van der Waals surface area contributed by atoms with Gasteiger partial charge in [-0.2, -0.15) is 28.1 Å². The van der Waals surface area contributed by atoms with E-state index in [1.165, 1.54) is 7.11 Å². The topological polar surface area (TPSA) is 136 Å². The normalized spacial score (nSPS) is 12.2. The first-order valence-corrected chi connectivity index (χ1v) is 6.62. The molecule has 1 atom stereocenters. The highest BCUT2D eigenvalue weighted by atomic mass is 19.4. The Labute approximate surface area is 134 Å². The molecule has 9 nitrogen and oxygen atoms in total. The molecule has 0 saturated carbocycles. The van der Waals surface area contributed by atoms with Gasteiger partial charge in [0.1, 0.15) is 5.82 Å². The first-order valence-electron chi connectivity index (χ1n) is 6.62. The van der Waals surface area contributed by atoms with Gasteiger partial charge >= 0.3 is 18.2 Å². The van der Waals surface area contributed by atoms with Crippen LogP contribution in [0.3, 0.4) is 0 Å². The molecule has 2 aliphatic rings. The fourth-order valence-corrected chi connectivity index (χ4v) is 1.29. The van der Waals surface area contributed by atoms with Gasteiger partial charge in [-0.1, -0.05) is 6.92 Å². The number of aliphatic carboxylic acids is 1. The number of halogens is 3. The molecule has 2 heterocycles. The van der Waals surface area contributed by atoms with Crippen LogP contribution in [0.5, 0.6) is 12.0 Å². The van der Waals surface area contributed by atoms with Crippen molar-refractivity contribution in [1.82, 2.24) is 19.9 Å². The van der Waals surface area contributed by atoms with Gasteiger partial charge < -0.3 is 20.3 Å². The van der Waals surface area contributed by atoms with E-state index < -0.39 is 12.1 Å². The highest BCUT2D eigenvalue weighted by Crippen LogP contribution is 2.27. The molecule has 0 saturated heterocycles. The molecule has 24 heavy (non-hydrogen) atoms. The van der Waals surface area contributed by atoms with E-state index in [0.717, 1.165) is 6.42 Å². The molecule has 12 heteroatoms. The lowest BCUT2D eigenvalue weighted by molar-refractivity contribution is -0.192. The summed E-state index contributed by atoms with van der Waals surface area (Å²) in [7, 11) is 1.49. The van der Waals surface area contributed by atoms with E-state index in [4.69, 9.17) is 25.1 Å². The number of methoxy groups -OCH3 is 1. The van der Waals surface area contributed by atoms with Gasteiger partial charge in [0, 0.05) is 0 Å². The number of nitrogens with two attached hydrogens (primary N) is 1. The van der Waals surface area contributed by atoms with Crippen molar-refractivity contribution in [2.24, 2.45) is 0 Å². The number of carboxylic acids is 1. The standard InChI is InChI=1S/C10H15N5O2.C2HF3O2/c1-4-5(2)17-10-13-7(11)6-8(15-10)14-9(12-6)16-3;3-2(4,5)1(6)7/h5H,4H2,1-3H3,(H3,11,12,13,14,15);(H,6,7). The summed E-state index contributed by atoms with van der Waals surface area (Å²) >= 11 is 0. The van der Waals surface area contributed by atoms with Gasteiger partial charge in [0.15, 0.2) is 11.5 Å². The zero-order valence-corrected chi connectivity index (χ0v) is 13.0. The lowest BCUT2D eigenvalue weighted by Crippen LogP contribution is -2.21. The Hall–Kier alpha value is -2.79. The number of hydrogen-bond acceptors (Lipinski definition) is 7. The zero-order chi connectivity index (χ0) is 18.5. The van der Waals surface area contributed by atoms with Crippen LogP contribution in [-0.4, -0.2) is 50.4 Å². The average Bonchev–Trinajstić information content (AvgIpc) is 2.90. The molecule has 0 bridgehead atoms. The van der Waals surface area contributed by atoms with Crippen molar-refractivity contribution in [3.8, 4) is 23.5 Å². The first kappa shape index (κ1) is 19.3. The fourth-order valence-electron chi connectivity index (χ4n) is 1.29. The molecule has 0 radical (unpaired) electrons. The summed E-state index contributed by atoms with van der Waals surface area (Å²) in [6.07, 6.45) is -4.15. The molecule has 2 aliphatic heterocycles. The average molecular weight is 351 g/mol. The van der Waals surface area contributed by atoms with Crippen LogP contribution in [0.25, 0.3) is 11.5 Å². The maximum atomic E-state index is 10.6. The quantitative estimate of drug-likeness (QED) is 0.757. The van der Waals surface area contributed by atoms with Crippen LogP contribution in [0.4, 0.5) is 19.0 Å². The Kier molecular flexibility index (Phi) is 6.14. The monoisotopic (exact) mass is 351 g/mol. The van der Waals surface area contributed by atoms with Crippen molar-refractivity contribution < 1.29 is 32.5 Å². The summed E-state index contributed by atoms with van der Waals surface area (Å²) in [5.41, 5.74) is 6.29. The number of fused-ring (bicyclic) bond motifs is 1. The second-order valence-corrected chi connectivity index (χ2v) is 4.48. The number of aromatic nitrogens is 4. The third-order valence-electron chi connectivity index (χ3n) is 2.64. The van der Waals surface area contributed by atoms with Crippen molar-refractivity contribution in [3.05, 3.63) is 0 Å². The second-order valence-electron chi connectivity index (χ2n) is 4.48. The Morgan fingerprint density at radius 3 is 2.42 bits per heavy atom. The van der Waals surface area contributed by atoms with Gasteiger partial charge in [-0.25, -0.2) is 4.79 Å². The molecule has 0 aromatic heterocycles. The first-order chi connectivity index (χ1) is 11.1. The summed E-state index contributed by atoms with van der Waals surface area (Å²) in [5.74, 6) is -1.98. The molecule has 1 unspecified atom stereocenters. The largest absolute Gasteiger partial charge is 0.490 e. The number of hydrogen-bond donors (Lipinski definition) is 3. The third kappa shape index (κ3) is 5.14. The number of imidazole rings is 1. The minimum absolute atomic E-state index is 0.0559. The highest BCUT2D eigenvalue weighted by Gasteiger charge is 2.38. The highest BCUT2D eigenvalue weighted by molar-refractivity contribution is 5.73. The number of ether oxygens (including phenoxy) is 2. The van der Waals surface area contributed by atoms with Crippen molar-refractivity contribution in [1.29, 1.82) is 0 Å². The molecule has 2 rings (SSSR count). The number of carboxylic acid groups (broad SMARTS) is 1. The molecule has 0 amide bonds. The van der Waals surface area contributed by atoms with Crippen LogP contribution in [0.15, 0.2) is 0 Å². The fraction of sp³-hybridized carbons (Fsp3) is 0.500. The lowest BCUT2D eigenvalue weighted by Gasteiger charge is -2.12. The predicted octanol–water partition coefficient (Wildman–Crippen LogP) is 1.71. The third-order valence-corrected chi connectivity index (χ3v) is 2.64. The Morgan fingerprint density at radius 2 is 1.96 bits per heavy atom. The van der Waals surface area contributed by atoms with E-state index in [1.807, 2.05) is 13.8 Å². The van der Waals surface area contributed by atoms with Crippen LogP contribution in [-0.2, 0) is 4.79 Å². The maximum Gasteiger partial charge on any atom is 0.490 e. The smallest absolute Gasteiger partial charge is 0.475 e. The van der Waals surface area contributed by atoms with Gasteiger partial charge in [0.05, 0.1) is 13.2 Å². The summed E-state index contributed by atoms with van der Waals surface area (Å²) in [6.45, 7) is 3.98. The van der Waals surface area contributed by atoms with Gasteiger partial charge in [0.25, 0.3) is 6.01 Å². The zero-order valence-electron chi connectivity index (χ0n) is 13.0. The number of H-pyrrole nitrogens is 1. The van der Waals surface area contributed by atoms with Crippen molar-refractivity contribution in [2.45, 2.75) is 32.5 Å². The van der Waals surface area contributed by atoms with Crippen LogP contribution in [0.2, 0.25) is 0 Å². The van der Waals surface area contributed by atoms with Crippen LogP contribution in [0, 0.1) is 0 Å². The number of anilines is 1. The summed E-state index contributed by atoms with van der Waals surface area (Å²) in [4.78, 5) is 24.0. The van der Waals surface area contributed by atoms with E-state index in [-0.39, 0.29) is 12.1 Å². The van der Waals surface area contributed by atoms with E-state index in [1.54, 1.807) is 0 Å². The Morgan fingerprint density at radius 1 is 1.38 bits per heavy atom. The molecule has 134 valence electrons. The lowest BCUT2D eigenvalue weighted by atomic mass is 10.3. The molecule has 4 N–H and O–H groups in total. The number of nitrogens with one attached hydrogen (secondary N) is 1. The number of alkyl halides is 3. The second kappa shape index (κ2) is 7.66. The minimum atomic E-state index is -5.08. The van der Waals surface area contributed by atoms with Gasteiger partial charge in [0.2, 0.25) is 0 Å². The van der Waals surface area contributed by atoms with E-state index in [2.05, 4.69) is 19.9 Å². The van der Waals surface area contributed by atoms with Crippen molar-refractivity contribution >= 4 is 11.8 Å². The van der Waals surface area contributed by atoms with Crippen molar-refractivity contribution in [3.63, 3.8) is 0 Å². The maximum absolute atomic E-state index is 10.6. The molecule has 0 aromatic carbocycles. The summed E-state index contributed by atoms with van der Waals surface area (Å²) in [5, 5.41) is 7.12. The molecule has 0 spiro atoms. The van der Waals surface area contributed by atoms with Gasteiger partial charge in [-0.3, -0.25) is 4.98 Å². The number of aromatic amines is 1. The molecular formula is C12H16F3N5O4. The predicted molar refractivity (Wildman–Crippen MR) is 75.8 cm³/mol. The number of nitrogen functional groups attached to an aromatic ring is 1.